The van der Waals surface area contributed by atoms with E-state index in [0.29, 0.717) is 16.8 Å². The Morgan fingerprint density at radius 1 is 0.848 bits per heavy atom. The van der Waals surface area contributed by atoms with Gasteiger partial charge >= 0.3 is 0 Å². The van der Waals surface area contributed by atoms with Gasteiger partial charge in [0.2, 0.25) is 5.91 Å². The van der Waals surface area contributed by atoms with Crippen LogP contribution in [0.15, 0.2) is 84.2 Å². The molecule has 1 unspecified atom stereocenters. The largest absolute Gasteiger partial charge is 0.324 e. The molecule has 0 bridgehead atoms. The minimum Gasteiger partial charge on any atom is -0.324 e. The minimum absolute atomic E-state index is 0.324. The highest BCUT2D eigenvalue weighted by atomic mass is 32.1. The summed E-state index contributed by atoms with van der Waals surface area (Å²) in [7, 11) is 0. The maximum absolute atomic E-state index is 12.8. The molecule has 2 heterocycles. The van der Waals surface area contributed by atoms with E-state index in [1.807, 2.05) is 47.8 Å². The minimum atomic E-state index is -0.941. The molecule has 7 heteroatoms. The van der Waals surface area contributed by atoms with E-state index in [0.717, 1.165) is 26.7 Å². The van der Waals surface area contributed by atoms with E-state index in [2.05, 4.69) is 5.32 Å². The second kappa shape index (κ2) is 8.44. The highest BCUT2D eigenvalue weighted by Gasteiger charge is 2.40. The maximum Gasteiger partial charge on any atom is 0.262 e. The Kier molecular flexibility index (Phi) is 5.32. The van der Waals surface area contributed by atoms with E-state index < -0.39 is 23.8 Å². The second-order valence-electron chi connectivity index (χ2n) is 7.67. The van der Waals surface area contributed by atoms with Crippen LogP contribution in [0.1, 0.15) is 27.6 Å². The van der Waals surface area contributed by atoms with Gasteiger partial charge in [-0.15, -0.1) is 11.3 Å². The fourth-order valence-corrected chi connectivity index (χ4v) is 4.60. The van der Waals surface area contributed by atoms with Gasteiger partial charge < -0.3 is 5.32 Å². The van der Waals surface area contributed by atoms with Crippen LogP contribution >= 0.6 is 11.3 Å². The topological polar surface area (TPSA) is 79.4 Å². The molecule has 162 valence electrons. The fraction of sp³-hybridized carbons (Fsp3) is 0.0769. The Labute approximate surface area is 194 Å². The van der Waals surface area contributed by atoms with Crippen LogP contribution in [0.25, 0.3) is 21.8 Å². The number of rotatable bonds is 5. The van der Waals surface area contributed by atoms with E-state index in [-0.39, 0.29) is 0 Å². The van der Waals surface area contributed by atoms with Gasteiger partial charge in [0, 0.05) is 22.2 Å². The molecule has 1 aliphatic rings. The van der Waals surface area contributed by atoms with Gasteiger partial charge in [-0.2, -0.15) is 0 Å². The molecule has 5 rings (SSSR count). The summed E-state index contributed by atoms with van der Waals surface area (Å²) in [6.07, 6.45) is 0. The lowest BCUT2D eigenvalue weighted by molar-refractivity contribution is -0.119. The van der Waals surface area contributed by atoms with Crippen LogP contribution in [-0.2, 0) is 4.79 Å². The third kappa shape index (κ3) is 3.83. The molecule has 3 aromatic carbocycles. The zero-order valence-electron chi connectivity index (χ0n) is 17.7. The first-order valence-corrected chi connectivity index (χ1v) is 11.3. The molecule has 1 aromatic heterocycles. The number of hydrogen-bond donors (Lipinski definition) is 1. The van der Waals surface area contributed by atoms with Crippen molar-refractivity contribution in [1.82, 2.24) is 9.88 Å². The number of nitrogens with zero attached hydrogens (tertiary/aromatic N) is 2. The van der Waals surface area contributed by atoms with Gasteiger partial charge in [-0.25, -0.2) is 4.98 Å². The summed E-state index contributed by atoms with van der Waals surface area (Å²) in [5.74, 6) is -1.34. The number of fused-ring (bicyclic) bond motifs is 1. The molecular formula is C26H19N3O3S. The second-order valence-corrected chi connectivity index (χ2v) is 8.53. The van der Waals surface area contributed by atoms with Gasteiger partial charge in [0.25, 0.3) is 11.8 Å². The molecule has 1 N–H and O–H groups in total. The van der Waals surface area contributed by atoms with Gasteiger partial charge in [-0.3, -0.25) is 19.3 Å². The van der Waals surface area contributed by atoms with E-state index in [1.54, 1.807) is 54.7 Å². The number of carbonyl (C=O) groups is 3. The quantitative estimate of drug-likeness (QED) is 0.427. The molecule has 1 atom stereocenters. The summed E-state index contributed by atoms with van der Waals surface area (Å²) in [5.41, 5.74) is 4.08. The van der Waals surface area contributed by atoms with E-state index in [1.165, 1.54) is 0 Å². The Morgan fingerprint density at radius 3 is 2.09 bits per heavy atom. The summed E-state index contributed by atoms with van der Waals surface area (Å²) in [5, 5.41) is 5.74. The lowest BCUT2D eigenvalue weighted by Gasteiger charge is -2.21. The highest BCUT2D eigenvalue weighted by molar-refractivity contribution is 7.13. The molecule has 0 aliphatic carbocycles. The third-order valence-corrected chi connectivity index (χ3v) is 6.46. The van der Waals surface area contributed by atoms with Gasteiger partial charge in [0.15, 0.2) is 0 Å². The average molecular weight is 454 g/mol. The molecule has 0 radical (unpaired) electrons. The van der Waals surface area contributed by atoms with Crippen molar-refractivity contribution >= 4 is 34.7 Å². The fourth-order valence-electron chi connectivity index (χ4n) is 3.77. The summed E-state index contributed by atoms with van der Waals surface area (Å²) in [4.78, 5) is 43.8. The van der Waals surface area contributed by atoms with Crippen molar-refractivity contribution in [1.29, 1.82) is 0 Å². The molecule has 33 heavy (non-hydrogen) atoms. The number of carbonyl (C=O) groups excluding carboxylic acids is 3. The van der Waals surface area contributed by atoms with Gasteiger partial charge in [-0.05, 0) is 31.2 Å². The highest BCUT2D eigenvalue weighted by Crippen LogP contribution is 2.29. The van der Waals surface area contributed by atoms with Crippen molar-refractivity contribution in [2.24, 2.45) is 0 Å². The van der Waals surface area contributed by atoms with E-state index in [9.17, 15) is 14.4 Å². The van der Waals surface area contributed by atoms with Crippen molar-refractivity contribution in [3.63, 3.8) is 0 Å². The third-order valence-electron chi connectivity index (χ3n) is 5.57. The summed E-state index contributed by atoms with van der Waals surface area (Å²) in [6, 6.07) is 23.0. The predicted octanol–water partition coefficient (Wildman–Crippen LogP) is 5.10. The predicted molar refractivity (Wildman–Crippen MR) is 128 cm³/mol. The van der Waals surface area contributed by atoms with Crippen LogP contribution in [-0.4, -0.2) is 33.6 Å². The number of thiazole rings is 1. The number of nitrogens with one attached hydrogen (secondary N) is 1. The molecular weight excluding hydrogens is 434 g/mol. The maximum atomic E-state index is 12.8. The van der Waals surface area contributed by atoms with Crippen molar-refractivity contribution in [3.05, 3.63) is 95.4 Å². The van der Waals surface area contributed by atoms with Gasteiger partial charge in [-0.1, -0.05) is 54.6 Å². The molecule has 6 nitrogen and oxygen atoms in total. The lowest BCUT2D eigenvalue weighted by atomic mass is 10.1. The number of amides is 3. The van der Waals surface area contributed by atoms with Crippen molar-refractivity contribution in [2.45, 2.75) is 13.0 Å². The summed E-state index contributed by atoms with van der Waals surface area (Å²) in [6.45, 7) is 1.55. The molecule has 0 saturated heterocycles. The zero-order valence-corrected chi connectivity index (χ0v) is 18.5. The van der Waals surface area contributed by atoms with Crippen LogP contribution in [0.3, 0.4) is 0 Å². The lowest BCUT2D eigenvalue weighted by Crippen LogP contribution is -2.45. The van der Waals surface area contributed by atoms with Crippen LogP contribution in [0.4, 0.5) is 5.69 Å². The summed E-state index contributed by atoms with van der Waals surface area (Å²) < 4.78 is 0. The first-order chi connectivity index (χ1) is 16.0. The van der Waals surface area contributed by atoms with E-state index in [4.69, 9.17) is 4.98 Å². The Bertz CT molecular complexity index is 1330. The molecule has 0 fully saturated rings. The number of benzene rings is 3. The first-order valence-electron chi connectivity index (χ1n) is 10.4. The number of imide groups is 1. The molecule has 0 saturated carbocycles. The molecule has 0 spiro atoms. The van der Waals surface area contributed by atoms with Crippen molar-refractivity contribution < 1.29 is 14.4 Å². The van der Waals surface area contributed by atoms with E-state index >= 15 is 0 Å². The first kappa shape index (κ1) is 20.8. The Morgan fingerprint density at radius 2 is 1.45 bits per heavy atom. The molecule has 3 amide bonds. The number of anilines is 1. The number of aromatic nitrogens is 1. The average Bonchev–Trinajstić information content (AvgIpc) is 3.44. The monoisotopic (exact) mass is 453 g/mol. The normalized spacial score (nSPS) is 13.7. The van der Waals surface area contributed by atoms with Crippen molar-refractivity contribution in [2.75, 3.05) is 5.32 Å². The van der Waals surface area contributed by atoms with Crippen LogP contribution in [0.5, 0.6) is 0 Å². The smallest absolute Gasteiger partial charge is 0.262 e. The van der Waals surface area contributed by atoms with Gasteiger partial charge in [0.05, 0.1) is 16.8 Å². The van der Waals surface area contributed by atoms with Crippen molar-refractivity contribution in [3.8, 4) is 21.8 Å². The van der Waals surface area contributed by atoms with Crippen LogP contribution < -0.4 is 5.32 Å². The SMILES string of the molecule is CC(C(=O)Nc1ccc(-c2csc(-c3ccccc3)n2)cc1)N1C(=O)c2ccccc2C1=O. The molecule has 4 aromatic rings. The Balaban J connectivity index is 1.28. The zero-order chi connectivity index (χ0) is 22.9. The standard InChI is InChI=1S/C26H19N3O3S/c1-16(29-25(31)20-9-5-6-10-21(20)26(29)32)23(30)27-19-13-11-17(12-14-19)22-15-33-24(28-22)18-7-3-2-4-8-18/h2-16H,1H3,(H,27,30). The Hall–Kier alpha value is -4.10. The van der Waals surface area contributed by atoms with Crippen LogP contribution in [0, 0.1) is 0 Å². The molecule has 1 aliphatic heterocycles. The van der Waals surface area contributed by atoms with Gasteiger partial charge in [0.1, 0.15) is 11.0 Å². The summed E-state index contributed by atoms with van der Waals surface area (Å²) >= 11 is 1.58. The van der Waals surface area contributed by atoms with Crippen LogP contribution in [0.2, 0.25) is 0 Å². The number of hydrogen-bond acceptors (Lipinski definition) is 5.